The lowest BCUT2D eigenvalue weighted by Crippen LogP contribution is -2.44. The van der Waals surface area contributed by atoms with Crippen LogP contribution >= 0.6 is 0 Å². The summed E-state index contributed by atoms with van der Waals surface area (Å²) in [4.78, 5) is 37.6. The first-order valence-corrected chi connectivity index (χ1v) is 10.1. The Morgan fingerprint density at radius 3 is 2.23 bits per heavy atom. The number of alkyl halides is 3. The van der Waals surface area contributed by atoms with Crippen molar-refractivity contribution in [3.63, 3.8) is 0 Å². The number of halogens is 3. The molecule has 1 heterocycles. The molecule has 1 fully saturated rings. The topological polar surface area (TPSA) is 75.7 Å². The number of rotatable bonds is 7. The van der Waals surface area contributed by atoms with Crippen LogP contribution in [0.25, 0.3) is 0 Å². The molecular formula is C21H27F3N2O4. The predicted molar refractivity (Wildman–Crippen MR) is 103 cm³/mol. The summed E-state index contributed by atoms with van der Waals surface area (Å²) in [5.41, 5.74) is 1.42. The quantitative estimate of drug-likeness (QED) is 0.677. The summed E-state index contributed by atoms with van der Waals surface area (Å²) in [5, 5.41) is 1.94. The molecule has 1 aromatic carbocycles. The van der Waals surface area contributed by atoms with Crippen molar-refractivity contribution in [2.24, 2.45) is 5.92 Å². The molecule has 1 saturated heterocycles. The number of esters is 1. The Morgan fingerprint density at radius 2 is 1.73 bits per heavy atom. The fourth-order valence-electron chi connectivity index (χ4n) is 3.41. The van der Waals surface area contributed by atoms with Gasteiger partial charge in [-0.1, -0.05) is 31.2 Å². The number of amides is 2. The van der Waals surface area contributed by atoms with Crippen molar-refractivity contribution in [3.05, 3.63) is 35.4 Å². The van der Waals surface area contributed by atoms with Crippen molar-refractivity contribution in [1.82, 2.24) is 10.2 Å². The number of ether oxygens (including phenoxy) is 1. The highest BCUT2D eigenvalue weighted by Gasteiger charge is 2.40. The van der Waals surface area contributed by atoms with Gasteiger partial charge in [0.05, 0.1) is 25.0 Å². The number of carbonyl (C=O) groups is 3. The van der Waals surface area contributed by atoms with Gasteiger partial charge in [-0.15, -0.1) is 0 Å². The highest BCUT2D eigenvalue weighted by atomic mass is 19.4. The largest absolute Gasteiger partial charge is 0.471 e. The van der Waals surface area contributed by atoms with Crippen LogP contribution < -0.4 is 5.32 Å². The van der Waals surface area contributed by atoms with Crippen LogP contribution in [0.5, 0.6) is 0 Å². The molecular weight excluding hydrogens is 401 g/mol. The summed E-state index contributed by atoms with van der Waals surface area (Å²) in [6, 6.07) is 5.68. The van der Waals surface area contributed by atoms with Gasteiger partial charge in [-0.2, -0.15) is 13.2 Å². The van der Waals surface area contributed by atoms with Gasteiger partial charge in [0.1, 0.15) is 0 Å². The van der Waals surface area contributed by atoms with Gasteiger partial charge < -0.3 is 15.0 Å². The summed E-state index contributed by atoms with van der Waals surface area (Å²) < 4.78 is 43.3. The van der Waals surface area contributed by atoms with Crippen molar-refractivity contribution in [2.45, 2.75) is 51.7 Å². The Bertz CT molecular complexity index is 742. The van der Waals surface area contributed by atoms with Gasteiger partial charge in [0, 0.05) is 13.1 Å². The zero-order valence-corrected chi connectivity index (χ0v) is 17.1. The van der Waals surface area contributed by atoms with Crippen LogP contribution in [0.2, 0.25) is 0 Å². The molecule has 1 aromatic rings. The van der Waals surface area contributed by atoms with E-state index in [4.69, 9.17) is 4.74 Å². The zero-order chi connectivity index (χ0) is 22.3. The third-order valence-corrected chi connectivity index (χ3v) is 5.20. The summed E-state index contributed by atoms with van der Waals surface area (Å²) in [7, 11) is 0. The second-order valence-corrected chi connectivity index (χ2v) is 7.23. The van der Waals surface area contributed by atoms with Crippen LogP contribution in [0, 0.1) is 5.92 Å². The maximum absolute atomic E-state index is 12.8. The smallest absolute Gasteiger partial charge is 0.466 e. The molecule has 0 saturated carbocycles. The number of aryl methyl sites for hydroxylation is 1. The van der Waals surface area contributed by atoms with Crippen LogP contribution in [-0.2, 0) is 25.5 Å². The summed E-state index contributed by atoms with van der Waals surface area (Å²) in [6.45, 7) is 4.59. The third kappa shape index (κ3) is 6.47. The summed E-state index contributed by atoms with van der Waals surface area (Å²) in [6.07, 6.45) is -3.70. The minimum absolute atomic E-state index is 0.281. The lowest BCUT2D eigenvalue weighted by Gasteiger charge is -2.32. The first-order chi connectivity index (χ1) is 14.2. The van der Waals surface area contributed by atoms with Gasteiger partial charge in [0.15, 0.2) is 0 Å². The Kier molecular flexibility index (Phi) is 8.25. The van der Waals surface area contributed by atoms with E-state index in [0.717, 1.165) is 12.0 Å². The Morgan fingerprint density at radius 1 is 1.13 bits per heavy atom. The number of nitrogens with one attached hydrogen (secondary N) is 1. The van der Waals surface area contributed by atoms with Crippen LogP contribution in [0.4, 0.5) is 13.2 Å². The van der Waals surface area contributed by atoms with Gasteiger partial charge in [0.2, 0.25) is 5.91 Å². The van der Waals surface area contributed by atoms with Crippen molar-refractivity contribution < 1.29 is 32.3 Å². The van der Waals surface area contributed by atoms with E-state index in [2.05, 4.69) is 0 Å². The molecule has 1 aliphatic heterocycles. The average molecular weight is 428 g/mol. The van der Waals surface area contributed by atoms with Crippen LogP contribution in [-0.4, -0.2) is 48.6 Å². The highest BCUT2D eigenvalue weighted by molar-refractivity contribution is 5.84. The molecule has 0 bridgehead atoms. The van der Waals surface area contributed by atoms with E-state index in [0.29, 0.717) is 31.5 Å². The Balaban J connectivity index is 2.06. The molecule has 6 nitrogen and oxygen atoms in total. The third-order valence-electron chi connectivity index (χ3n) is 5.20. The van der Waals surface area contributed by atoms with Crippen molar-refractivity contribution in [1.29, 1.82) is 0 Å². The monoisotopic (exact) mass is 428 g/mol. The number of nitrogens with zero attached hydrogens (tertiary/aromatic N) is 1. The lowest BCUT2D eigenvalue weighted by molar-refractivity contribution is -0.174. The molecule has 30 heavy (non-hydrogen) atoms. The number of hydrogen-bond donors (Lipinski definition) is 1. The van der Waals surface area contributed by atoms with E-state index in [-0.39, 0.29) is 30.8 Å². The SMILES string of the molecule is CCOC(=O)C1CCN(C(=O)C[C@H](NC(=O)C(F)(F)F)c2ccc(CC)cc2)CC1. The molecule has 0 radical (unpaired) electrons. The van der Waals surface area contributed by atoms with E-state index in [1.807, 2.05) is 12.2 Å². The Labute approximate surface area is 173 Å². The summed E-state index contributed by atoms with van der Waals surface area (Å²) in [5.74, 6) is -3.03. The molecule has 1 aliphatic rings. The molecule has 0 spiro atoms. The molecule has 0 aromatic heterocycles. The van der Waals surface area contributed by atoms with Crippen molar-refractivity contribution >= 4 is 17.8 Å². The maximum Gasteiger partial charge on any atom is 0.471 e. The van der Waals surface area contributed by atoms with E-state index >= 15 is 0 Å². The highest BCUT2D eigenvalue weighted by Crippen LogP contribution is 2.25. The number of likely N-dealkylation sites (tertiary alicyclic amines) is 1. The Hall–Kier alpha value is -2.58. The molecule has 166 valence electrons. The van der Waals surface area contributed by atoms with Crippen LogP contribution in [0.1, 0.15) is 50.3 Å². The molecule has 1 N–H and O–H groups in total. The normalized spacial score (nSPS) is 16.1. The first kappa shape index (κ1) is 23.7. The number of hydrogen-bond acceptors (Lipinski definition) is 4. The van der Waals surface area contributed by atoms with E-state index < -0.39 is 18.1 Å². The van der Waals surface area contributed by atoms with Crippen molar-refractivity contribution in [3.8, 4) is 0 Å². The van der Waals surface area contributed by atoms with Gasteiger partial charge in [-0.3, -0.25) is 14.4 Å². The van der Waals surface area contributed by atoms with E-state index in [1.54, 1.807) is 31.2 Å². The standard InChI is InChI=1S/C21H27F3N2O4/c1-3-14-5-7-15(8-6-14)17(25-20(29)21(22,23)24)13-18(27)26-11-9-16(10-12-26)19(28)30-4-2/h5-8,16-17H,3-4,9-13H2,1-2H3,(H,25,29)/t17-/m0/s1. The van der Waals surface area contributed by atoms with Gasteiger partial charge >= 0.3 is 18.1 Å². The molecule has 2 amide bonds. The minimum Gasteiger partial charge on any atom is -0.466 e. The first-order valence-electron chi connectivity index (χ1n) is 10.1. The zero-order valence-electron chi connectivity index (χ0n) is 17.1. The fraction of sp³-hybridized carbons (Fsp3) is 0.571. The molecule has 0 unspecified atom stereocenters. The lowest BCUT2D eigenvalue weighted by atomic mass is 9.95. The fourth-order valence-corrected chi connectivity index (χ4v) is 3.41. The molecule has 0 aliphatic carbocycles. The van der Waals surface area contributed by atoms with Crippen LogP contribution in [0.3, 0.4) is 0 Å². The van der Waals surface area contributed by atoms with Gasteiger partial charge in [-0.05, 0) is 37.3 Å². The van der Waals surface area contributed by atoms with Crippen LogP contribution in [0.15, 0.2) is 24.3 Å². The second-order valence-electron chi connectivity index (χ2n) is 7.23. The number of benzene rings is 1. The van der Waals surface area contributed by atoms with Crippen molar-refractivity contribution in [2.75, 3.05) is 19.7 Å². The molecule has 1 atom stereocenters. The minimum atomic E-state index is -5.04. The molecule has 2 rings (SSSR count). The summed E-state index contributed by atoms with van der Waals surface area (Å²) >= 11 is 0. The average Bonchev–Trinajstić information content (AvgIpc) is 2.72. The van der Waals surface area contributed by atoms with Gasteiger partial charge in [-0.25, -0.2) is 0 Å². The second kappa shape index (κ2) is 10.4. The molecule has 9 heteroatoms. The van der Waals surface area contributed by atoms with E-state index in [9.17, 15) is 27.6 Å². The maximum atomic E-state index is 12.8. The van der Waals surface area contributed by atoms with Gasteiger partial charge in [0.25, 0.3) is 0 Å². The number of piperidine rings is 1. The predicted octanol–water partition coefficient (Wildman–Crippen LogP) is 3.16. The number of carbonyl (C=O) groups excluding carboxylic acids is 3. The van der Waals surface area contributed by atoms with E-state index in [1.165, 1.54) is 4.90 Å².